The summed E-state index contributed by atoms with van der Waals surface area (Å²) in [5.74, 6) is 0. The van der Waals surface area contributed by atoms with Crippen LogP contribution < -0.4 is 6.15 Å². The molecule has 0 atom stereocenters. The Labute approximate surface area is 203 Å². The Bertz CT molecular complexity index is 27.3. The van der Waals surface area contributed by atoms with Crippen LogP contribution in [0.15, 0.2) is 0 Å². The molecule has 0 aliphatic carbocycles. The van der Waals surface area contributed by atoms with E-state index in [2.05, 4.69) is 0 Å². The summed E-state index contributed by atoms with van der Waals surface area (Å²) >= 11 is 0.625. The van der Waals surface area contributed by atoms with Crippen LogP contribution >= 0.6 is 24.0 Å². The zero-order chi connectivity index (χ0) is 2.00. The number of hydrogen-bond acceptors (Lipinski definition) is 2. The van der Waals surface area contributed by atoms with Crippen LogP contribution in [0.1, 0.15) is 10.3 Å². The van der Waals surface area contributed by atoms with Crippen LogP contribution in [-0.4, -0.2) is 73.4 Å². The van der Waals surface area contributed by atoms with Gasteiger partial charge in [-0.2, -0.15) is 0 Å². The van der Waals surface area contributed by atoms with Crippen molar-refractivity contribution in [2.45, 2.75) is 7.43 Å². The number of hydrogen-bond donors (Lipinski definition) is 2. The van der Waals surface area contributed by atoms with Crippen molar-refractivity contribution in [1.29, 1.82) is 1.82 Å². The van der Waals surface area contributed by atoms with Crippen LogP contribution in [0.5, 0.6) is 0 Å². The Morgan fingerprint density at radius 3 is 1.00 bits per heavy atom. The van der Waals surface area contributed by atoms with Gasteiger partial charge in [-0.15, -0.1) is 24.0 Å². The average Bonchev–Trinajstić information content (AvgIpc) is 1.00. The van der Waals surface area contributed by atoms with E-state index in [-0.39, 0.29) is 171 Å². The van der Waals surface area contributed by atoms with Crippen LogP contribution in [0.3, 0.4) is 0 Å². The van der Waals surface area contributed by atoms with Crippen molar-refractivity contribution < 1.29 is 96.2 Å². The normalized spacial score (nSPS) is 0.667. The third-order valence-electron chi connectivity index (χ3n) is 0. The van der Waals surface area contributed by atoms with E-state index in [0.29, 0.717) is 35.7 Å². The molecule has 0 spiro atoms. The Balaban J connectivity index is -0.000000000139. The Hall–Kier alpha value is 6.17. The summed E-state index contributed by atoms with van der Waals surface area (Å²) in [5, 5.41) is 0. The summed E-state index contributed by atoms with van der Waals surface area (Å²) < 4.78 is 5.88. The fraction of sp³-hybridized carbons (Fsp3) is 1.00. The standard InChI is InChI=1S/CH4.2Ca.HI.H3N.HN.3U.2H/h1H4;;;1H;1H3;1H;;;;;/q;;+2;;;;;;;2*-1. The molecule has 0 radical (unpaired) electrons. The van der Waals surface area contributed by atoms with Gasteiger partial charge in [-0.05, 0) is 0 Å². The van der Waals surface area contributed by atoms with Gasteiger partial charge in [-0.1, -0.05) is 7.43 Å². The molecule has 0 fully saturated rings. The van der Waals surface area contributed by atoms with Gasteiger partial charge in [0, 0.05) is 93.3 Å². The predicted octanol–water partition coefficient (Wildman–Crippen LogP) is 1.18. The maximum Gasteiger partial charge on any atom is 0 e. The van der Waals surface area contributed by atoms with Gasteiger partial charge < -0.3 is 9.00 Å². The van der Waals surface area contributed by atoms with Gasteiger partial charge in [0.25, 0.3) is 0 Å². The Morgan fingerprint density at radius 1 is 1.00 bits per heavy atom. The SMILES string of the molecule is C.I.N.[Ca+2].[H-].[H-].[NH]=[Ca].[U].[U].[U]. The van der Waals surface area contributed by atoms with Gasteiger partial charge in [-0.3, -0.25) is 0 Å². The molecule has 0 bridgehead atoms. The van der Waals surface area contributed by atoms with Gasteiger partial charge >= 0.3 is 75.2 Å². The summed E-state index contributed by atoms with van der Waals surface area (Å²) in [6.45, 7) is 0. The summed E-state index contributed by atoms with van der Waals surface area (Å²) in [5.41, 5.74) is 0. The maximum atomic E-state index is 5.88. The third-order valence-corrected chi connectivity index (χ3v) is 0. The molecule has 0 aromatic rings. The van der Waals surface area contributed by atoms with Gasteiger partial charge in [0.15, 0.2) is 0 Å². The van der Waals surface area contributed by atoms with Gasteiger partial charge in [0.05, 0.1) is 0 Å². The van der Waals surface area contributed by atoms with Crippen LogP contribution in [0.4, 0.5) is 0 Å². The molecule has 48 valence electrons. The summed E-state index contributed by atoms with van der Waals surface area (Å²) in [4.78, 5) is 0. The predicted molar refractivity (Wildman–Crippen MR) is 43.6 cm³/mol. The monoisotopic (exact) mass is 972 g/mol. The molecule has 0 unspecified atom stereocenters. The maximum absolute atomic E-state index is 5.88. The second-order valence-electron chi connectivity index (χ2n) is 0. The largest absolute Gasteiger partial charge is 0 e. The minimum atomic E-state index is 0. The second-order valence-corrected chi connectivity index (χ2v) is 0. The fourth-order valence-electron chi connectivity index (χ4n) is 0. The van der Waals surface area contributed by atoms with Crippen LogP contribution in [0, 0.1) is 95.2 Å². The van der Waals surface area contributed by atoms with E-state index in [0.717, 1.165) is 0 Å². The molecule has 8 heteroatoms. The van der Waals surface area contributed by atoms with Gasteiger partial charge in [-0.25, -0.2) is 0 Å². The molecule has 4 N–H and O–H groups in total. The first-order chi connectivity index (χ1) is 1.00. The molecule has 0 heterocycles. The summed E-state index contributed by atoms with van der Waals surface area (Å²) in [6, 6.07) is 0. The molecule has 0 aromatic carbocycles. The van der Waals surface area contributed by atoms with E-state index in [1.54, 1.807) is 0 Å². The van der Waals surface area contributed by atoms with Crippen molar-refractivity contribution in [3.8, 4) is 0 Å². The van der Waals surface area contributed by atoms with Crippen molar-refractivity contribution >= 4 is 97.4 Å². The molecule has 9 heavy (non-hydrogen) atoms. The Kier molecular flexibility index (Phi) is 425. The molecule has 0 saturated carbocycles. The van der Waals surface area contributed by atoms with Crippen molar-refractivity contribution in [2.75, 3.05) is 0 Å². The topological polar surface area (TPSA) is 58.9 Å². The molecule has 0 saturated heterocycles. The first-order valence-electron chi connectivity index (χ1n) is 0.354. The smallest absolute Gasteiger partial charge is 0 e. The number of rotatable bonds is 0. The first kappa shape index (κ1) is 59.3. The molecule has 0 aliphatic heterocycles. The summed E-state index contributed by atoms with van der Waals surface area (Å²) in [6.07, 6.45) is 0. The summed E-state index contributed by atoms with van der Waals surface area (Å²) in [7, 11) is 0. The molecular formula is CH11Ca2IN2U3. The molecule has 0 aromatic heterocycles. The first-order valence-corrected chi connectivity index (χ1v) is 1.46. The minimum Gasteiger partial charge on any atom is 0 e. The third kappa shape index (κ3) is 55.2. The second kappa shape index (κ2) is 64.6. The van der Waals surface area contributed by atoms with Crippen molar-refractivity contribution in [3.63, 3.8) is 0 Å². The van der Waals surface area contributed by atoms with E-state index in [9.17, 15) is 0 Å². The van der Waals surface area contributed by atoms with E-state index < -0.39 is 0 Å². The fourth-order valence-corrected chi connectivity index (χ4v) is 0. The molecule has 0 amide bonds. The number of nitrogens with one attached hydrogen (secondary N) is 1. The van der Waals surface area contributed by atoms with E-state index in [4.69, 9.17) is 1.82 Å². The van der Waals surface area contributed by atoms with Crippen LogP contribution in [-0.2, 0) is 0 Å². The minimum absolute atomic E-state index is 0. The van der Waals surface area contributed by atoms with Crippen molar-refractivity contribution in [3.05, 3.63) is 0 Å². The molecule has 2 nitrogen and oxygen atoms in total. The number of halogens is 1. The molecule has 0 aliphatic rings. The zero-order valence-electron chi connectivity index (χ0n) is 6.53. The van der Waals surface area contributed by atoms with E-state index in [1.807, 2.05) is 0 Å². The van der Waals surface area contributed by atoms with Gasteiger partial charge in [0.1, 0.15) is 0 Å². The molecule has 0 rings (SSSR count). The quantitative estimate of drug-likeness (QED) is 0.279. The van der Waals surface area contributed by atoms with E-state index >= 15 is 0 Å². The average molecular weight is 972 g/mol. The zero-order valence-corrected chi connectivity index (χ0v) is 23.8. The van der Waals surface area contributed by atoms with Crippen molar-refractivity contribution in [2.24, 2.45) is 0 Å². The van der Waals surface area contributed by atoms with Crippen LogP contribution in [0.2, 0.25) is 0 Å². The van der Waals surface area contributed by atoms with Crippen LogP contribution in [0.25, 0.3) is 0 Å². The van der Waals surface area contributed by atoms with Gasteiger partial charge in [0.2, 0.25) is 0 Å². The van der Waals surface area contributed by atoms with E-state index in [1.165, 1.54) is 0 Å². The molecular weight excluding hydrogens is 961 g/mol. The van der Waals surface area contributed by atoms with Crippen molar-refractivity contribution in [1.82, 2.24) is 6.15 Å². The Morgan fingerprint density at radius 2 is 1.00 bits per heavy atom.